The number of nitrogens with zero attached hydrogens (tertiary/aromatic N) is 2. The zero-order valence-corrected chi connectivity index (χ0v) is 13.5. The van der Waals surface area contributed by atoms with Gasteiger partial charge in [-0.1, -0.05) is 0 Å². The molecule has 5 heteroatoms. The van der Waals surface area contributed by atoms with Crippen LogP contribution in [0.2, 0.25) is 0 Å². The monoisotopic (exact) mass is 314 g/mol. The second-order valence-electron chi connectivity index (χ2n) is 6.44. The van der Waals surface area contributed by atoms with Gasteiger partial charge in [0.2, 0.25) is 0 Å². The molecule has 0 radical (unpaired) electrons. The van der Waals surface area contributed by atoms with E-state index in [1.165, 1.54) is 25.9 Å². The second-order valence-corrected chi connectivity index (χ2v) is 6.44. The summed E-state index contributed by atoms with van der Waals surface area (Å²) in [6.07, 6.45) is 4.41. The molecule has 0 unspecified atom stereocenters. The molecule has 4 aliphatic rings. The predicted octanol–water partition coefficient (Wildman–Crippen LogP) is 1.93. The number of carbonyl (C=O) groups is 1. The van der Waals surface area contributed by atoms with Gasteiger partial charge in [-0.05, 0) is 31.0 Å². The van der Waals surface area contributed by atoms with Gasteiger partial charge in [0.25, 0.3) is 0 Å². The van der Waals surface area contributed by atoms with Crippen molar-refractivity contribution in [1.82, 2.24) is 9.80 Å². The lowest BCUT2D eigenvalue weighted by Crippen LogP contribution is -2.36. The van der Waals surface area contributed by atoms with Crippen LogP contribution in [-0.4, -0.2) is 61.5 Å². The molecule has 0 amide bonds. The number of methoxy groups -OCH3 is 1. The molecule has 4 aliphatic heterocycles. The fourth-order valence-corrected chi connectivity index (χ4v) is 3.71. The van der Waals surface area contributed by atoms with E-state index in [1.54, 1.807) is 13.2 Å². The lowest BCUT2D eigenvalue weighted by Gasteiger charge is -2.31. The summed E-state index contributed by atoms with van der Waals surface area (Å²) in [5.41, 5.74) is 1.34. The lowest BCUT2D eigenvalue weighted by atomic mass is 10.00. The van der Waals surface area contributed by atoms with Crippen LogP contribution in [0.1, 0.15) is 23.2 Å². The Morgan fingerprint density at radius 2 is 2.04 bits per heavy atom. The minimum Gasteiger partial charge on any atom is -0.497 e. The van der Waals surface area contributed by atoms with Crippen molar-refractivity contribution in [2.45, 2.75) is 18.9 Å². The SMILES string of the molecule is COc1ccc2c(c1)C(=O)C(=CN1CCN3CCC1CC3)CO2. The molecule has 2 bridgehead atoms. The van der Waals surface area contributed by atoms with Gasteiger partial charge in [0, 0.05) is 38.4 Å². The van der Waals surface area contributed by atoms with Gasteiger partial charge in [-0.15, -0.1) is 0 Å². The molecule has 122 valence electrons. The third-order valence-electron chi connectivity index (χ3n) is 5.13. The van der Waals surface area contributed by atoms with Crippen molar-refractivity contribution < 1.29 is 14.3 Å². The summed E-state index contributed by atoms with van der Waals surface area (Å²) in [5.74, 6) is 1.39. The average Bonchev–Trinajstić information content (AvgIpc) is 2.91. The molecule has 3 fully saturated rings. The van der Waals surface area contributed by atoms with Gasteiger partial charge in [0.15, 0.2) is 5.78 Å². The van der Waals surface area contributed by atoms with Crippen molar-refractivity contribution in [3.8, 4) is 11.5 Å². The second kappa shape index (κ2) is 5.89. The van der Waals surface area contributed by atoms with Crippen LogP contribution in [0.3, 0.4) is 0 Å². The molecule has 5 nitrogen and oxygen atoms in total. The van der Waals surface area contributed by atoms with Gasteiger partial charge >= 0.3 is 0 Å². The topological polar surface area (TPSA) is 42.0 Å². The molecule has 0 atom stereocenters. The molecule has 0 spiro atoms. The van der Waals surface area contributed by atoms with Crippen LogP contribution in [0.15, 0.2) is 30.0 Å². The number of ether oxygens (including phenoxy) is 2. The number of rotatable bonds is 2. The minimum absolute atomic E-state index is 0.0595. The van der Waals surface area contributed by atoms with E-state index >= 15 is 0 Å². The normalized spacial score (nSPS) is 28.3. The lowest BCUT2D eigenvalue weighted by molar-refractivity contribution is 0.0994. The molecule has 1 aromatic rings. The van der Waals surface area contributed by atoms with Crippen molar-refractivity contribution in [1.29, 1.82) is 0 Å². The van der Waals surface area contributed by atoms with Crippen LogP contribution in [0.25, 0.3) is 0 Å². The summed E-state index contributed by atoms with van der Waals surface area (Å²) in [5, 5.41) is 0. The Hall–Kier alpha value is -2.01. The zero-order valence-electron chi connectivity index (χ0n) is 13.5. The summed E-state index contributed by atoms with van der Waals surface area (Å²) >= 11 is 0. The van der Waals surface area contributed by atoms with Gasteiger partial charge < -0.3 is 19.3 Å². The molecular formula is C18H22N2O3. The average molecular weight is 314 g/mol. The molecule has 4 heterocycles. The number of Topliss-reactive ketones (excluding diaryl/α,β-unsaturated/α-hetero) is 1. The highest BCUT2D eigenvalue weighted by Crippen LogP contribution is 2.31. The van der Waals surface area contributed by atoms with Crippen molar-refractivity contribution >= 4 is 5.78 Å². The number of piperidine rings is 1. The third-order valence-corrected chi connectivity index (χ3v) is 5.13. The molecular weight excluding hydrogens is 292 g/mol. The number of hydrogen-bond donors (Lipinski definition) is 0. The molecule has 0 saturated carbocycles. The standard InChI is InChI=1S/C18H22N2O3/c1-22-15-2-3-17-16(10-15)18(21)13(12-23-17)11-20-9-8-19-6-4-14(20)5-7-19/h2-3,10-11,14H,4-9,12H2,1H3. The van der Waals surface area contributed by atoms with E-state index in [-0.39, 0.29) is 5.78 Å². The Kier molecular flexibility index (Phi) is 3.73. The number of hydrogen-bond acceptors (Lipinski definition) is 5. The molecule has 0 aliphatic carbocycles. The van der Waals surface area contributed by atoms with Crippen molar-refractivity contribution in [3.63, 3.8) is 0 Å². The maximum absolute atomic E-state index is 12.8. The molecule has 1 aromatic carbocycles. The van der Waals surface area contributed by atoms with Crippen LogP contribution in [0.5, 0.6) is 11.5 Å². The van der Waals surface area contributed by atoms with E-state index in [9.17, 15) is 4.79 Å². The number of carbonyl (C=O) groups excluding carboxylic acids is 1. The summed E-state index contributed by atoms with van der Waals surface area (Å²) in [6, 6.07) is 5.96. The molecule has 0 N–H and O–H groups in total. The van der Waals surface area contributed by atoms with Crippen LogP contribution in [0.4, 0.5) is 0 Å². The third kappa shape index (κ3) is 2.70. The van der Waals surface area contributed by atoms with Crippen molar-refractivity contribution in [2.24, 2.45) is 0 Å². The first kappa shape index (κ1) is 14.6. The van der Waals surface area contributed by atoms with Crippen molar-refractivity contribution in [3.05, 3.63) is 35.5 Å². The molecule has 23 heavy (non-hydrogen) atoms. The minimum atomic E-state index is 0.0595. The van der Waals surface area contributed by atoms with Crippen LogP contribution >= 0.6 is 0 Å². The van der Waals surface area contributed by atoms with E-state index in [4.69, 9.17) is 9.47 Å². The zero-order chi connectivity index (χ0) is 15.8. The number of fused-ring (bicyclic) bond motifs is 5. The van der Waals surface area contributed by atoms with E-state index in [2.05, 4.69) is 9.80 Å². The van der Waals surface area contributed by atoms with E-state index < -0.39 is 0 Å². The van der Waals surface area contributed by atoms with Crippen LogP contribution in [0, 0.1) is 0 Å². The summed E-state index contributed by atoms with van der Waals surface area (Å²) in [7, 11) is 1.61. The van der Waals surface area contributed by atoms with Crippen LogP contribution < -0.4 is 9.47 Å². The summed E-state index contributed by atoms with van der Waals surface area (Å²) in [4.78, 5) is 17.7. The van der Waals surface area contributed by atoms with Crippen molar-refractivity contribution in [2.75, 3.05) is 39.9 Å². The van der Waals surface area contributed by atoms with Gasteiger partial charge in [-0.2, -0.15) is 0 Å². The smallest absolute Gasteiger partial charge is 0.197 e. The van der Waals surface area contributed by atoms with E-state index in [1.807, 2.05) is 18.3 Å². The molecule has 3 saturated heterocycles. The van der Waals surface area contributed by atoms with Gasteiger partial charge in [0.1, 0.15) is 18.1 Å². The maximum atomic E-state index is 12.8. The van der Waals surface area contributed by atoms with E-state index in [0.717, 1.165) is 18.7 Å². The highest BCUT2D eigenvalue weighted by Gasteiger charge is 2.30. The van der Waals surface area contributed by atoms with Gasteiger partial charge in [-0.3, -0.25) is 4.79 Å². The Labute approximate surface area is 136 Å². The highest BCUT2D eigenvalue weighted by molar-refractivity contribution is 6.11. The first-order chi connectivity index (χ1) is 11.2. The summed E-state index contributed by atoms with van der Waals surface area (Å²) < 4.78 is 11.0. The fourth-order valence-electron chi connectivity index (χ4n) is 3.71. The molecule has 0 aromatic heterocycles. The fraction of sp³-hybridized carbons (Fsp3) is 0.500. The predicted molar refractivity (Wildman–Crippen MR) is 87.1 cm³/mol. The van der Waals surface area contributed by atoms with E-state index in [0.29, 0.717) is 29.7 Å². The first-order valence-corrected chi connectivity index (χ1v) is 8.29. The Balaban J connectivity index is 1.61. The Bertz CT molecular complexity index is 648. The van der Waals surface area contributed by atoms with Crippen LogP contribution in [-0.2, 0) is 0 Å². The Morgan fingerprint density at radius 1 is 1.22 bits per heavy atom. The maximum Gasteiger partial charge on any atom is 0.197 e. The van der Waals surface area contributed by atoms with Gasteiger partial charge in [-0.25, -0.2) is 0 Å². The quantitative estimate of drug-likeness (QED) is 0.780. The number of ketones is 1. The Morgan fingerprint density at radius 3 is 2.83 bits per heavy atom. The summed E-state index contributed by atoms with van der Waals surface area (Å²) in [6.45, 7) is 4.78. The molecule has 5 rings (SSSR count). The highest BCUT2D eigenvalue weighted by atomic mass is 16.5. The first-order valence-electron chi connectivity index (χ1n) is 8.29. The van der Waals surface area contributed by atoms with Gasteiger partial charge in [0.05, 0.1) is 18.2 Å². The number of benzene rings is 1. The largest absolute Gasteiger partial charge is 0.497 e.